The molecule has 0 saturated carbocycles. The SMILES string of the molecule is COCCNCC(=O)CC1CCOc2ccccc21. The van der Waals surface area contributed by atoms with Crippen LogP contribution in [0.25, 0.3) is 0 Å². The predicted molar refractivity (Wildman–Crippen MR) is 73.7 cm³/mol. The largest absolute Gasteiger partial charge is 0.493 e. The van der Waals surface area contributed by atoms with Crippen molar-refractivity contribution in [2.45, 2.75) is 18.8 Å². The van der Waals surface area contributed by atoms with Crippen LogP contribution < -0.4 is 10.1 Å². The molecule has 1 aliphatic rings. The Morgan fingerprint density at radius 1 is 1.47 bits per heavy atom. The maximum absolute atomic E-state index is 11.9. The highest BCUT2D eigenvalue weighted by Gasteiger charge is 2.22. The molecule has 0 amide bonds. The third kappa shape index (κ3) is 4.04. The molecule has 1 atom stereocenters. The molecule has 0 aromatic heterocycles. The highest BCUT2D eigenvalue weighted by Crippen LogP contribution is 2.35. The lowest BCUT2D eigenvalue weighted by molar-refractivity contribution is -0.118. The standard InChI is InChI=1S/C15H21NO3/c1-18-9-7-16-11-13(17)10-12-6-8-19-15-5-3-2-4-14(12)15/h2-5,12,16H,6-11H2,1H3. The molecule has 2 rings (SSSR count). The zero-order valence-electron chi connectivity index (χ0n) is 11.4. The maximum atomic E-state index is 11.9. The van der Waals surface area contributed by atoms with E-state index in [-0.39, 0.29) is 5.78 Å². The highest BCUT2D eigenvalue weighted by molar-refractivity contribution is 5.81. The molecule has 0 saturated heterocycles. The van der Waals surface area contributed by atoms with Gasteiger partial charge >= 0.3 is 0 Å². The minimum absolute atomic E-state index is 0.248. The monoisotopic (exact) mass is 263 g/mol. The molecule has 0 fully saturated rings. The summed E-state index contributed by atoms with van der Waals surface area (Å²) in [5, 5.41) is 3.09. The highest BCUT2D eigenvalue weighted by atomic mass is 16.5. The van der Waals surface area contributed by atoms with Crippen molar-refractivity contribution in [3.05, 3.63) is 29.8 Å². The van der Waals surface area contributed by atoms with Crippen molar-refractivity contribution in [3.63, 3.8) is 0 Å². The molecular weight excluding hydrogens is 242 g/mol. The van der Waals surface area contributed by atoms with Crippen LogP contribution in [-0.4, -0.2) is 39.2 Å². The molecule has 0 spiro atoms. The van der Waals surface area contributed by atoms with E-state index in [2.05, 4.69) is 11.4 Å². The zero-order valence-corrected chi connectivity index (χ0v) is 11.4. The van der Waals surface area contributed by atoms with E-state index < -0.39 is 0 Å². The van der Waals surface area contributed by atoms with Gasteiger partial charge in [0.15, 0.2) is 0 Å². The summed E-state index contributed by atoms with van der Waals surface area (Å²) in [6.07, 6.45) is 1.50. The number of ketones is 1. The van der Waals surface area contributed by atoms with Gasteiger partial charge < -0.3 is 14.8 Å². The van der Waals surface area contributed by atoms with Crippen LogP contribution in [0.3, 0.4) is 0 Å². The van der Waals surface area contributed by atoms with Gasteiger partial charge in [-0.05, 0) is 24.0 Å². The summed E-state index contributed by atoms with van der Waals surface area (Å²) in [4.78, 5) is 11.9. The second-order valence-corrected chi connectivity index (χ2v) is 4.78. The van der Waals surface area contributed by atoms with Crippen LogP contribution in [0.1, 0.15) is 24.3 Å². The molecule has 1 aromatic rings. The molecule has 1 heterocycles. The lowest BCUT2D eigenvalue weighted by Crippen LogP contribution is -2.28. The third-order valence-electron chi connectivity index (χ3n) is 3.36. The third-order valence-corrected chi connectivity index (χ3v) is 3.36. The lowest BCUT2D eigenvalue weighted by Gasteiger charge is -2.25. The van der Waals surface area contributed by atoms with Gasteiger partial charge in [0.25, 0.3) is 0 Å². The quantitative estimate of drug-likeness (QED) is 0.761. The Morgan fingerprint density at radius 3 is 3.16 bits per heavy atom. The van der Waals surface area contributed by atoms with Gasteiger partial charge in [0.05, 0.1) is 19.8 Å². The van der Waals surface area contributed by atoms with Crippen molar-refractivity contribution in [1.82, 2.24) is 5.32 Å². The summed E-state index contributed by atoms with van der Waals surface area (Å²) >= 11 is 0. The number of carbonyl (C=O) groups excluding carboxylic acids is 1. The number of fused-ring (bicyclic) bond motifs is 1. The molecule has 0 aliphatic carbocycles. The fourth-order valence-corrected chi connectivity index (χ4v) is 2.38. The molecule has 1 unspecified atom stereocenters. The van der Waals surface area contributed by atoms with Gasteiger partial charge in [-0.25, -0.2) is 0 Å². The van der Waals surface area contributed by atoms with Crippen LogP contribution in [0.5, 0.6) is 5.75 Å². The van der Waals surface area contributed by atoms with E-state index in [4.69, 9.17) is 9.47 Å². The average molecular weight is 263 g/mol. The first-order valence-electron chi connectivity index (χ1n) is 6.74. The molecule has 1 N–H and O–H groups in total. The minimum Gasteiger partial charge on any atom is -0.493 e. The topological polar surface area (TPSA) is 47.6 Å². The Balaban J connectivity index is 1.85. The summed E-state index contributed by atoms with van der Waals surface area (Å²) in [7, 11) is 1.66. The Bertz CT molecular complexity index is 420. The number of rotatable bonds is 7. The van der Waals surface area contributed by atoms with Gasteiger partial charge in [-0.3, -0.25) is 4.79 Å². The number of hydrogen-bond donors (Lipinski definition) is 1. The van der Waals surface area contributed by atoms with E-state index >= 15 is 0 Å². The Morgan fingerprint density at radius 2 is 2.32 bits per heavy atom. The maximum Gasteiger partial charge on any atom is 0.147 e. The first kappa shape index (κ1) is 14.0. The summed E-state index contributed by atoms with van der Waals surface area (Å²) in [5.74, 6) is 1.47. The zero-order chi connectivity index (χ0) is 13.5. The number of methoxy groups -OCH3 is 1. The molecule has 0 bridgehead atoms. The molecule has 4 heteroatoms. The summed E-state index contributed by atoms with van der Waals surface area (Å²) in [6.45, 7) is 2.47. The number of carbonyl (C=O) groups is 1. The number of Topliss-reactive ketones (excluding diaryl/α,β-unsaturated/α-hetero) is 1. The Labute approximate surface area is 114 Å². The first-order chi connectivity index (χ1) is 9.31. The molecule has 1 aliphatic heterocycles. The van der Waals surface area contributed by atoms with Crippen LogP contribution >= 0.6 is 0 Å². The fourth-order valence-electron chi connectivity index (χ4n) is 2.38. The van der Waals surface area contributed by atoms with Crippen LogP contribution in [-0.2, 0) is 9.53 Å². The number of hydrogen-bond acceptors (Lipinski definition) is 4. The van der Waals surface area contributed by atoms with E-state index in [0.717, 1.165) is 12.2 Å². The van der Waals surface area contributed by atoms with Crippen molar-refractivity contribution < 1.29 is 14.3 Å². The van der Waals surface area contributed by atoms with E-state index in [9.17, 15) is 4.79 Å². The Kier molecular flexibility index (Phi) is 5.36. The molecule has 4 nitrogen and oxygen atoms in total. The second-order valence-electron chi connectivity index (χ2n) is 4.78. The van der Waals surface area contributed by atoms with Crippen molar-refractivity contribution >= 4 is 5.78 Å². The number of benzene rings is 1. The molecule has 104 valence electrons. The summed E-state index contributed by atoms with van der Waals surface area (Å²) < 4.78 is 10.5. The molecule has 1 aromatic carbocycles. The van der Waals surface area contributed by atoms with Crippen LogP contribution in [0.2, 0.25) is 0 Å². The van der Waals surface area contributed by atoms with E-state index in [0.29, 0.717) is 38.6 Å². The Hall–Kier alpha value is -1.39. The average Bonchev–Trinajstić information content (AvgIpc) is 2.44. The van der Waals surface area contributed by atoms with Gasteiger partial charge in [0, 0.05) is 20.1 Å². The molecular formula is C15H21NO3. The second kappa shape index (κ2) is 7.26. The van der Waals surface area contributed by atoms with Gasteiger partial charge in [-0.1, -0.05) is 18.2 Å². The van der Waals surface area contributed by atoms with Gasteiger partial charge in [0.1, 0.15) is 11.5 Å². The van der Waals surface area contributed by atoms with Crippen molar-refractivity contribution in [3.8, 4) is 5.75 Å². The predicted octanol–water partition coefficient (Wildman–Crippen LogP) is 1.75. The van der Waals surface area contributed by atoms with Gasteiger partial charge in [-0.15, -0.1) is 0 Å². The van der Waals surface area contributed by atoms with Crippen molar-refractivity contribution in [2.75, 3.05) is 33.4 Å². The van der Waals surface area contributed by atoms with Gasteiger partial charge in [0.2, 0.25) is 0 Å². The number of para-hydroxylation sites is 1. The normalized spacial score (nSPS) is 17.6. The van der Waals surface area contributed by atoms with E-state index in [1.807, 2.05) is 18.2 Å². The van der Waals surface area contributed by atoms with Gasteiger partial charge in [-0.2, -0.15) is 0 Å². The first-order valence-corrected chi connectivity index (χ1v) is 6.74. The van der Waals surface area contributed by atoms with Crippen molar-refractivity contribution in [1.29, 1.82) is 0 Å². The number of nitrogens with one attached hydrogen (secondary N) is 1. The fraction of sp³-hybridized carbons (Fsp3) is 0.533. The van der Waals surface area contributed by atoms with E-state index in [1.165, 1.54) is 5.56 Å². The van der Waals surface area contributed by atoms with Crippen LogP contribution in [0.4, 0.5) is 0 Å². The summed E-state index contributed by atoms with van der Waals surface area (Å²) in [5.41, 5.74) is 1.17. The lowest BCUT2D eigenvalue weighted by atomic mass is 9.89. The molecule has 19 heavy (non-hydrogen) atoms. The van der Waals surface area contributed by atoms with Crippen LogP contribution in [0.15, 0.2) is 24.3 Å². The number of ether oxygens (including phenoxy) is 2. The minimum atomic E-state index is 0.248. The smallest absolute Gasteiger partial charge is 0.147 e. The molecule has 0 radical (unpaired) electrons. The van der Waals surface area contributed by atoms with E-state index in [1.54, 1.807) is 7.11 Å². The van der Waals surface area contributed by atoms with Crippen LogP contribution in [0, 0.1) is 0 Å². The van der Waals surface area contributed by atoms with Crippen molar-refractivity contribution in [2.24, 2.45) is 0 Å². The summed E-state index contributed by atoms with van der Waals surface area (Å²) in [6, 6.07) is 8.00.